The predicted molar refractivity (Wildman–Crippen MR) is 164 cm³/mol. The zero-order valence-corrected chi connectivity index (χ0v) is 26.1. The van der Waals surface area contributed by atoms with Gasteiger partial charge in [-0.15, -0.1) is 0 Å². The number of nitrogens with zero attached hydrogens (tertiary/aromatic N) is 4. The fourth-order valence-electron chi connectivity index (χ4n) is 4.82. The molecule has 9 heteroatoms. The van der Waals surface area contributed by atoms with Crippen LogP contribution in [0.3, 0.4) is 0 Å². The first-order chi connectivity index (χ1) is 19.3. The molecule has 2 atom stereocenters. The largest absolute Gasteiger partial charge is 0.497 e. The topological polar surface area (TPSA) is 90.3 Å². The summed E-state index contributed by atoms with van der Waals surface area (Å²) in [4.78, 5) is 32.5. The Morgan fingerprint density at radius 2 is 1.83 bits per heavy atom. The van der Waals surface area contributed by atoms with E-state index in [9.17, 15) is 14.7 Å². The van der Waals surface area contributed by atoms with Crippen molar-refractivity contribution in [3.63, 3.8) is 0 Å². The molecule has 9 nitrogen and oxygen atoms in total. The van der Waals surface area contributed by atoms with Crippen molar-refractivity contribution in [2.45, 2.75) is 46.3 Å². The number of methoxy groups -OCH3 is 1. The van der Waals surface area contributed by atoms with Crippen molar-refractivity contribution in [3.05, 3.63) is 64.6 Å². The summed E-state index contributed by atoms with van der Waals surface area (Å²) in [5.41, 5.74) is 5.82. The summed E-state index contributed by atoms with van der Waals surface area (Å²) in [5.74, 6) is 0.435. The number of aromatic nitrogens is 1. The molecule has 41 heavy (non-hydrogen) atoms. The van der Waals surface area contributed by atoms with Gasteiger partial charge in [-0.1, -0.05) is 5.57 Å². The smallest absolute Gasteiger partial charge is 0.270 e. The lowest BCUT2D eigenvalue weighted by atomic mass is 10.00. The summed E-state index contributed by atoms with van der Waals surface area (Å²) in [5, 5.41) is 13.0. The molecule has 2 N–H and O–H groups in total. The molecule has 2 aromatic rings. The highest BCUT2D eigenvalue weighted by atomic mass is 16.5. The molecule has 1 aliphatic heterocycles. The minimum absolute atomic E-state index is 0.0935. The highest BCUT2D eigenvalue weighted by Gasteiger charge is 2.27. The number of nitrogens with one attached hydrogen (secondary N) is 1. The van der Waals surface area contributed by atoms with Crippen LogP contribution in [-0.2, 0) is 11.8 Å². The first-order valence-corrected chi connectivity index (χ1v) is 14.2. The van der Waals surface area contributed by atoms with Gasteiger partial charge >= 0.3 is 0 Å². The van der Waals surface area contributed by atoms with Crippen molar-refractivity contribution < 1.29 is 19.4 Å². The summed E-state index contributed by atoms with van der Waals surface area (Å²) in [6.07, 6.45) is 4.00. The lowest BCUT2D eigenvalue weighted by Gasteiger charge is -2.23. The summed E-state index contributed by atoms with van der Waals surface area (Å²) < 4.78 is 7.42. The fraction of sp³-hybridized carbons (Fsp3) is 0.500. The van der Waals surface area contributed by atoms with Crippen LogP contribution in [-0.4, -0.2) is 96.7 Å². The summed E-state index contributed by atoms with van der Waals surface area (Å²) in [6.45, 7) is 10.6. The Bertz CT molecular complexity index is 1310. The third-order valence-corrected chi connectivity index (χ3v) is 7.64. The molecule has 2 unspecified atom stereocenters. The number of rotatable bonds is 11. The van der Waals surface area contributed by atoms with Crippen LogP contribution in [0.5, 0.6) is 5.75 Å². The average molecular weight is 566 g/mol. The maximum atomic E-state index is 13.4. The fourth-order valence-corrected chi connectivity index (χ4v) is 4.82. The van der Waals surface area contributed by atoms with E-state index in [0.717, 1.165) is 41.1 Å². The van der Waals surface area contributed by atoms with E-state index in [0.29, 0.717) is 36.5 Å². The summed E-state index contributed by atoms with van der Waals surface area (Å²) in [7, 11) is 9.59. The second-order valence-corrected chi connectivity index (χ2v) is 11.5. The maximum absolute atomic E-state index is 13.4. The molecule has 0 bridgehead atoms. The summed E-state index contributed by atoms with van der Waals surface area (Å²) in [6, 6.07) is 7.46. The van der Waals surface area contributed by atoms with Crippen LogP contribution in [0.1, 0.15) is 56.2 Å². The number of carbonyl (C=O) groups is 2. The van der Waals surface area contributed by atoms with Crippen molar-refractivity contribution in [2.24, 2.45) is 7.05 Å². The van der Waals surface area contributed by atoms with Crippen LogP contribution in [0.25, 0.3) is 11.1 Å². The van der Waals surface area contributed by atoms with E-state index in [4.69, 9.17) is 4.74 Å². The normalized spacial score (nSPS) is 16.1. The molecule has 1 aromatic heterocycles. The van der Waals surface area contributed by atoms with Crippen molar-refractivity contribution >= 4 is 11.8 Å². The second-order valence-electron chi connectivity index (χ2n) is 11.5. The molecule has 0 aliphatic carbocycles. The van der Waals surface area contributed by atoms with Gasteiger partial charge in [-0.25, -0.2) is 0 Å². The predicted octanol–water partition coefficient (Wildman–Crippen LogP) is 3.82. The molecule has 2 heterocycles. The first kappa shape index (κ1) is 32.0. The zero-order valence-electron chi connectivity index (χ0n) is 26.1. The number of ether oxygens (including phenoxy) is 1. The van der Waals surface area contributed by atoms with E-state index in [-0.39, 0.29) is 17.9 Å². The Balaban J connectivity index is 1.83. The molecule has 2 amide bonds. The number of aliphatic hydroxyl groups is 1. The van der Waals surface area contributed by atoms with Crippen LogP contribution >= 0.6 is 0 Å². The van der Waals surface area contributed by atoms with Gasteiger partial charge in [-0.2, -0.15) is 0 Å². The van der Waals surface area contributed by atoms with Gasteiger partial charge in [0.25, 0.3) is 11.8 Å². The van der Waals surface area contributed by atoms with Crippen molar-refractivity contribution in [1.29, 1.82) is 0 Å². The second kappa shape index (κ2) is 13.9. The Hall–Kier alpha value is -3.56. The monoisotopic (exact) mass is 565 g/mol. The molecule has 1 aliphatic rings. The van der Waals surface area contributed by atoms with Gasteiger partial charge in [0.05, 0.1) is 19.3 Å². The van der Waals surface area contributed by atoms with Crippen LogP contribution in [0.15, 0.2) is 53.4 Å². The van der Waals surface area contributed by atoms with E-state index in [2.05, 4.69) is 15.1 Å². The third-order valence-electron chi connectivity index (χ3n) is 7.64. The number of benzene rings is 1. The van der Waals surface area contributed by atoms with Crippen LogP contribution in [0, 0.1) is 0 Å². The standard InChI is InChI=1S/C32H47N5O4/c1-21(2)29(14-22(3)35(7)13-12-34(5)6)31(39)33-23(4)24-15-25(17-28(16-24)41-9)26-18-30(36(8)19-26)32(40)37-11-10-27(38)20-37/h14-19,23,27,38H,10-13,20H2,1-9H3,(H,33,39)/b22-14+. The van der Waals surface area contributed by atoms with Crippen LogP contribution < -0.4 is 10.1 Å². The third kappa shape index (κ3) is 8.24. The average Bonchev–Trinajstić information content (AvgIpc) is 3.54. The van der Waals surface area contributed by atoms with Gasteiger partial charge in [0.15, 0.2) is 0 Å². The number of hydrogen-bond acceptors (Lipinski definition) is 6. The van der Waals surface area contributed by atoms with Crippen LogP contribution in [0.2, 0.25) is 0 Å². The molecule has 1 fully saturated rings. The minimum atomic E-state index is -0.466. The lowest BCUT2D eigenvalue weighted by molar-refractivity contribution is -0.117. The van der Waals surface area contributed by atoms with Gasteiger partial charge in [-0.05, 0) is 89.7 Å². The molecule has 0 saturated carbocycles. The molecule has 1 saturated heterocycles. The molecule has 3 rings (SSSR count). The van der Waals surface area contributed by atoms with Gasteiger partial charge in [-0.3, -0.25) is 9.59 Å². The molecule has 1 aromatic carbocycles. The molecule has 224 valence electrons. The van der Waals surface area contributed by atoms with E-state index >= 15 is 0 Å². The van der Waals surface area contributed by atoms with Crippen molar-refractivity contribution in [3.8, 4) is 16.9 Å². The molecule has 0 spiro atoms. The molecule has 0 radical (unpaired) electrons. The minimum Gasteiger partial charge on any atom is -0.497 e. The highest BCUT2D eigenvalue weighted by Crippen LogP contribution is 2.31. The van der Waals surface area contributed by atoms with E-state index < -0.39 is 6.10 Å². The number of β-amino-alcohol motifs (C(OH)–C–C–N with tert-alkyl or cyclic N) is 1. The van der Waals surface area contributed by atoms with E-state index in [1.807, 2.05) is 97.0 Å². The Morgan fingerprint density at radius 3 is 2.41 bits per heavy atom. The van der Waals surface area contributed by atoms with Gasteiger partial charge in [0.2, 0.25) is 0 Å². The first-order valence-electron chi connectivity index (χ1n) is 14.2. The van der Waals surface area contributed by atoms with E-state index in [1.54, 1.807) is 12.0 Å². The SMILES string of the molecule is COc1cc(-c2cc(C(=O)N3CCC(O)C3)n(C)c2)cc(C(C)NC(=O)C(/C=C(\C)N(C)CCN(C)C)=C(C)C)c1. The maximum Gasteiger partial charge on any atom is 0.270 e. The van der Waals surface area contributed by atoms with Gasteiger partial charge < -0.3 is 34.4 Å². The Labute approximate surface area is 245 Å². The number of amides is 2. The van der Waals surface area contributed by atoms with Gasteiger partial charge in [0, 0.05) is 63.3 Å². The molecular weight excluding hydrogens is 518 g/mol. The number of aryl methyl sites for hydroxylation is 1. The number of likely N-dealkylation sites (tertiary alicyclic amines) is 1. The lowest BCUT2D eigenvalue weighted by Crippen LogP contribution is -2.30. The number of hydrogen-bond donors (Lipinski definition) is 2. The Morgan fingerprint density at radius 1 is 1.12 bits per heavy atom. The van der Waals surface area contributed by atoms with Crippen molar-refractivity contribution in [2.75, 3.05) is 54.4 Å². The number of likely N-dealkylation sites (N-methyl/N-ethyl adjacent to an activating group) is 2. The number of allylic oxidation sites excluding steroid dienone is 2. The number of carbonyl (C=O) groups excluding carboxylic acids is 2. The summed E-state index contributed by atoms with van der Waals surface area (Å²) >= 11 is 0. The van der Waals surface area contributed by atoms with Crippen LogP contribution in [0.4, 0.5) is 0 Å². The van der Waals surface area contributed by atoms with Gasteiger partial charge in [0.1, 0.15) is 11.4 Å². The van der Waals surface area contributed by atoms with Crippen molar-refractivity contribution in [1.82, 2.24) is 24.6 Å². The zero-order chi connectivity index (χ0) is 30.4. The molecular formula is C32H47N5O4. The Kier molecular flexibility index (Phi) is 10.8. The quantitative estimate of drug-likeness (QED) is 0.318. The highest BCUT2D eigenvalue weighted by molar-refractivity contribution is 5.97. The number of aliphatic hydroxyl groups excluding tert-OH is 1. The van der Waals surface area contributed by atoms with E-state index in [1.165, 1.54) is 0 Å².